The Morgan fingerprint density at radius 3 is 2.69 bits per heavy atom. The number of amides is 1. The minimum absolute atomic E-state index is 0.00221. The van der Waals surface area contributed by atoms with Gasteiger partial charge in [0.05, 0.1) is 30.9 Å². The number of para-hydroxylation sites is 1. The van der Waals surface area contributed by atoms with E-state index in [9.17, 15) is 4.79 Å². The molecule has 1 aliphatic carbocycles. The standard InChI is InChI=1S/C24H24N2O3/c25-11-16-7-9-18(10-8-16)24(27)26-12-19(14-28-13-17-5-6-17)21-15-29-22-4-2-1-3-20(22)23(21)26/h1-4,7-10,17,19,21,23H,5-6,12-15H2/t19-,21-,23-/m0/s1. The molecular weight excluding hydrogens is 364 g/mol. The lowest BCUT2D eigenvalue weighted by molar-refractivity contribution is 0.0623. The predicted octanol–water partition coefficient (Wildman–Crippen LogP) is 3.81. The molecule has 0 radical (unpaired) electrons. The van der Waals surface area contributed by atoms with Crippen molar-refractivity contribution in [2.24, 2.45) is 17.8 Å². The van der Waals surface area contributed by atoms with Crippen LogP contribution in [0.3, 0.4) is 0 Å². The van der Waals surface area contributed by atoms with Crippen LogP contribution in [0.1, 0.15) is 40.4 Å². The summed E-state index contributed by atoms with van der Waals surface area (Å²) in [6.45, 7) is 2.77. The number of likely N-dealkylation sites (tertiary alicyclic amines) is 1. The highest BCUT2D eigenvalue weighted by Crippen LogP contribution is 2.48. The largest absolute Gasteiger partial charge is 0.493 e. The van der Waals surface area contributed by atoms with Gasteiger partial charge in [0.25, 0.3) is 5.91 Å². The lowest BCUT2D eigenvalue weighted by atomic mass is 9.85. The van der Waals surface area contributed by atoms with Gasteiger partial charge in [-0.15, -0.1) is 0 Å². The maximum Gasteiger partial charge on any atom is 0.254 e. The van der Waals surface area contributed by atoms with E-state index in [4.69, 9.17) is 14.7 Å². The number of nitriles is 1. The average molecular weight is 388 g/mol. The van der Waals surface area contributed by atoms with Gasteiger partial charge in [-0.3, -0.25) is 4.79 Å². The third-order valence-electron chi connectivity index (χ3n) is 6.35. The number of carbonyl (C=O) groups is 1. The first-order chi connectivity index (χ1) is 14.2. The molecule has 2 aliphatic heterocycles. The van der Waals surface area contributed by atoms with Crippen molar-refractivity contribution in [1.29, 1.82) is 5.26 Å². The highest BCUT2D eigenvalue weighted by Gasteiger charge is 2.48. The number of benzene rings is 2. The molecule has 2 aromatic rings. The zero-order chi connectivity index (χ0) is 19.8. The number of nitrogens with zero attached hydrogens (tertiary/aromatic N) is 2. The van der Waals surface area contributed by atoms with Crippen LogP contribution in [0.5, 0.6) is 5.75 Å². The van der Waals surface area contributed by atoms with E-state index >= 15 is 0 Å². The van der Waals surface area contributed by atoms with Gasteiger partial charge in [-0.2, -0.15) is 5.26 Å². The summed E-state index contributed by atoms with van der Waals surface area (Å²) < 4.78 is 12.1. The fraction of sp³-hybridized carbons (Fsp3) is 0.417. The van der Waals surface area contributed by atoms with Crippen LogP contribution >= 0.6 is 0 Å². The summed E-state index contributed by atoms with van der Waals surface area (Å²) in [4.78, 5) is 15.4. The van der Waals surface area contributed by atoms with E-state index in [-0.39, 0.29) is 23.8 Å². The summed E-state index contributed by atoms with van der Waals surface area (Å²) in [6, 6.07) is 17.0. The minimum atomic E-state index is -0.00221. The molecule has 3 aliphatic rings. The van der Waals surface area contributed by atoms with Crippen molar-refractivity contribution >= 4 is 5.91 Å². The van der Waals surface area contributed by atoms with Gasteiger partial charge < -0.3 is 14.4 Å². The van der Waals surface area contributed by atoms with Crippen LogP contribution < -0.4 is 4.74 Å². The summed E-state index contributed by atoms with van der Waals surface area (Å²) in [7, 11) is 0. The second-order valence-corrected chi connectivity index (χ2v) is 8.35. The molecule has 1 amide bonds. The van der Waals surface area contributed by atoms with Crippen LogP contribution in [-0.4, -0.2) is 37.2 Å². The first kappa shape index (κ1) is 18.2. The minimum Gasteiger partial charge on any atom is -0.493 e. The third-order valence-corrected chi connectivity index (χ3v) is 6.35. The summed E-state index contributed by atoms with van der Waals surface area (Å²) in [5.74, 6) is 2.09. The van der Waals surface area contributed by atoms with Crippen molar-refractivity contribution in [3.05, 3.63) is 65.2 Å². The molecule has 1 saturated carbocycles. The van der Waals surface area contributed by atoms with E-state index in [2.05, 4.69) is 12.1 Å². The van der Waals surface area contributed by atoms with Crippen LogP contribution in [0.4, 0.5) is 0 Å². The fourth-order valence-corrected chi connectivity index (χ4v) is 4.57. The van der Waals surface area contributed by atoms with E-state index in [1.165, 1.54) is 12.8 Å². The zero-order valence-corrected chi connectivity index (χ0v) is 16.3. The number of hydrogen-bond donors (Lipinski definition) is 0. The Hall–Kier alpha value is -2.84. The maximum absolute atomic E-state index is 13.4. The monoisotopic (exact) mass is 388 g/mol. The molecule has 29 heavy (non-hydrogen) atoms. The normalized spacial score (nSPS) is 24.9. The van der Waals surface area contributed by atoms with Crippen molar-refractivity contribution in [2.45, 2.75) is 18.9 Å². The Balaban J connectivity index is 1.42. The molecule has 0 N–H and O–H groups in total. The molecule has 3 atom stereocenters. The van der Waals surface area contributed by atoms with Crippen LogP contribution in [0.15, 0.2) is 48.5 Å². The highest BCUT2D eigenvalue weighted by molar-refractivity contribution is 5.95. The van der Waals surface area contributed by atoms with Crippen molar-refractivity contribution in [2.75, 3.05) is 26.4 Å². The van der Waals surface area contributed by atoms with Gasteiger partial charge in [0.2, 0.25) is 0 Å². The fourth-order valence-electron chi connectivity index (χ4n) is 4.57. The molecule has 0 spiro atoms. The summed E-state index contributed by atoms with van der Waals surface area (Å²) in [5.41, 5.74) is 2.25. The lowest BCUT2D eigenvalue weighted by Crippen LogP contribution is -2.35. The number of ether oxygens (including phenoxy) is 2. The first-order valence-electron chi connectivity index (χ1n) is 10.3. The van der Waals surface area contributed by atoms with Gasteiger partial charge in [-0.1, -0.05) is 18.2 Å². The Kier molecular flexibility index (Phi) is 4.73. The van der Waals surface area contributed by atoms with Crippen LogP contribution in [0, 0.1) is 29.1 Å². The van der Waals surface area contributed by atoms with Crippen molar-refractivity contribution in [3.63, 3.8) is 0 Å². The Morgan fingerprint density at radius 1 is 1.14 bits per heavy atom. The van der Waals surface area contributed by atoms with E-state index in [0.717, 1.165) is 23.8 Å². The molecule has 5 heteroatoms. The molecule has 2 aromatic carbocycles. The molecule has 148 valence electrons. The highest BCUT2D eigenvalue weighted by atomic mass is 16.5. The molecule has 0 bridgehead atoms. The van der Waals surface area contributed by atoms with Gasteiger partial charge in [0.1, 0.15) is 5.75 Å². The van der Waals surface area contributed by atoms with Gasteiger partial charge in [0.15, 0.2) is 0 Å². The quantitative estimate of drug-likeness (QED) is 0.781. The molecule has 0 aromatic heterocycles. The second-order valence-electron chi connectivity index (χ2n) is 8.35. The Labute approximate surface area is 170 Å². The average Bonchev–Trinajstić information content (AvgIpc) is 3.52. The number of carbonyl (C=O) groups excluding carboxylic acids is 1. The van der Waals surface area contributed by atoms with Crippen molar-refractivity contribution in [1.82, 2.24) is 4.90 Å². The molecular formula is C24H24N2O3. The van der Waals surface area contributed by atoms with Gasteiger partial charge in [-0.05, 0) is 49.1 Å². The van der Waals surface area contributed by atoms with E-state index < -0.39 is 0 Å². The second kappa shape index (κ2) is 7.53. The van der Waals surface area contributed by atoms with Crippen LogP contribution in [-0.2, 0) is 4.74 Å². The molecule has 2 fully saturated rings. The Bertz CT molecular complexity index is 945. The number of hydrogen-bond acceptors (Lipinski definition) is 4. The van der Waals surface area contributed by atoms with E-state index in [1.54, 1.807) is 24.3 Å². The van der Waals surface area contributed by atoms with Crippen LogP contribution in [0.25, 0.3) is 0 Å². The third kappa shape index (κ3) is 3.49. The summed E-state index contributed by atoms with van der Waals surface area (Å²) in [5, 5.41) is 9.03. The molecule has 2 heterocycles. The van der Waals surface area contributed by atoms with E-state index in [1.807, 2.05) is 23.1 Å². The predicted molar refractivity (Wildman–Crippen MR) is 107 cm³/mol. The molecule has 1 saturated heterocycles. The van der Waals surface area contributed by atoms with Gasteiger partial charge >= 0.3 is 0 Å². The number of rotatable bonds is 5. The lowest BCUT2D eigenvalue weighted by Gasteiger charge is -2.34. The topological polar surface area (TPSA) is 62.6 Å². The first-order valence-corrected chi connectivity index (χ1v) is 10.3. The molecule has 0 unspecified atom stereocenters. The SMILES string of the molecule is N#Cc1ccc(C(=O)N2C[C@@H](COCC3CC3)[C@@H]3COc4ccccc4[C@@H]32)cc1. The van der Waals surface area contributed by atoms with Gasteiger partial charge in [0, 0.05) is 36.1 Å². The maximum atomic E-state index is 13.4. The van der Waals surface area contributed by atoms with Crippen molar-refractivity contribution in [3.8, 4) is 11.8 Å². The van der Waals surface area contributed by atoms with Gasteiger partial charge in [-0.25, -0.2) is 0 Å². The molecule has 5 rings (SSSR count). The van der Waals surface area contributed by atoms with Crippen LogP contribution in [0.2, 0.25) is 0 Å². The molecule has 5 nitrogen and oxygen atoms in total. The van der Waals surface area contributed by atoms with E-state index in [0.29, 0.717) is 30.9 Å². The summed E-state index contributed by atoms with van der Waals surface area (Å²) in [6.07, 6.45) is 2.55. The number of fused-ring (bicyclic) bond motifs is 3. The summed E-state index contributed by atoms with van der Waals surface area (Å²) >= 11 is 0. The zero-order valence-electron chi connectivity index (χ0n) is 16.3. The smallest absolute Gasteiger partial charge is 0.254 e. The van der Waals surface area contributed by atoms with Crippen molar-refractivity contribution < 1.29 is 14.3 Å². The Morgan fingerprint density at radius 2 is 1.93 bits per heavy atom.